The third-order valence-corrected chi connectivity index (χ3v) is 3.78. The van der Waals surface area contributed by atoms with Crippen LogP contribution in [-0.4, -0.2) is 37.2 Å². The predicted octanol–water partition coefficient (Wildman–Crippen LogP) is 2.23. The number of carbonyl (C=O) groups excluding carboxylic acids is 1. The van der Waals surface area contributed by atoms with Gasteiger partial charge in [-0.1, -0.05) is 12.8 Å². The Labute approximate surface area is 118 Å². The number of likely N-dealkylation sites (tertiary alicyclic amines) is 1. The van der Waals surface area contributed by atoms with Crippen LogP contribution in [0.4, 0.5) is 5.69 Å². The number of nitrogens with one attached hydrogen (secondary N) is 1. The Morgan fingerprint density at radius 2 is 1.85 bits per heavy atom. The Bertz CT molecular complexity index is 482. The van der Waals surface area contributed by atoms with Crippen LogP contribution in [0.1, 0.15) is 25.7 Å². The molecule has 0 unspecified atom stereocenters. The van der Waals surface area contributed by atoms with Crippen molar-refractivity contribution < 1.29 is 14.3 Å². The average Bonchev–Trinajstić information content (AvgIpc) is 2.76. The van der Waals surface area contributed by atoms with E-state index in [0.717, 1.165) is 43.1 Å². The molecule has 0 atom stereocenters. The molecule has 1 fully saturated rings. The highest BCUT2D eigenvalue weighted by Crippen LogP contribution is 2.34. The fraction of sp³-hybridized carbons (Fsp3) is 0.533. The number of benzene rings is 1. The van der Waals surface area contributed by atoms with Gasteiger partial charge in [-0.2, -0.15) is 0 Å². The number of carbonyl (C=O) groups is 1. The lowest BCUT2D eigenvalue weighted by molar-refractivity contribution is -0.129. The number of fused-ring (bicyclic) bond motifs is 1. The lowest BCUT2D eigenvalue weighted by atomic mass is 10.2. The Balaban J connectivity index is 1.54. The summed E-state index contributed by atoms with van der Waals surface area (Å²) in [7, 11) is 0. The van der Waals surface area contributed by atoms with E-state index in [4.69, 9.17) is 9.47 Å². The molecule has 0 aromatic heterocycles. The van der Waals surface area contributed by atoms with Crippen LogP contribution in [-0.2, 0) is 4.79 Å². The van der Waals surface area contributed by atoms with Gasteiger partial charge >= 0.3 is 0 Å². The standard InChI is InChI=1S/C15H20N2O3/c18-15(17-7-3-1-2-4-8-17)10-16-12-5-6-13-14(9-12)20-11-19-13/h5-6,9,16H,1-4,7-8,10-11H2. The van der Waals surface area contributed by atoms with E-state index in [1.54, 1.807) is 0 Å². The van der Waals surface area contributed by atoms with Crippen molar-refractivity contribution in [2.24, 2.45) is 0 Å². The summed E-state index contributed by atoms with van der Waals surface area (Å²) in [5.74, 6) is 1.66. The largest absolute Gasteiger partial charge is 0.454 e. The Hall–Kier alpha value is -1.91. The maximum atomic E-state index is 12.2. The minimum Gasteiger partial charge on any atom is -0.454 e. The highest BCUT2D eigenvalue weighted by Gasteiger charge is 2.16. The molecule has 1 aromatic rings. The molecule has 0 saturated carbocycles. The lowest BCUT2D eigenvalue weighted by Gasteiger charge is -2.20. The normalized spacial score (nSPS) is 17.7. The quantitative estimate of drug-likeness (QED) is 0.919. The zero-order chi connectivity index (χ0) is 13.8. The predicted molar refractivity (Wildman–Crippen MR) is 76.1 cm³/mol. The van der Waals surface area contributed by atoms with Crippen molar-refractivity contribution in [3.8, 4) is 11.5 Å². The summed E-state index contributed by atoms with van der Waals surface area (Å²) in [6.07, 6.45) is 4.71. The Morgan fingerprint density at radius 3 is 2.65 bits per heavy atom. The molecule has 1 amide bonds. The van der Waals surface area contributed by atoms with Gasteiger partial charge in [0.25, 0.3) is 0 Å². The van der Waals surface area contributed by atoms with Gasteiger partial charge in [-0.3, -0.25) is 4.79 Å². The smallest absolute Gasteiger partial charge is 0.241 e. The van der Waals surface area contributed by atoms with Crippen molar-refractivity contribution in [2.45, 2.75) is 25.7 Å². The molecule has 1 N–H and O–H groups in total. The number of rotatable bonds is 3. The zero-order valence-corrected chi connectivity index (χ0v) is 11.6. The van der Waals surface area contributed by atoms with Crippen molar-refractivity contribution in [1.29, 1.82) is 0 Å². The highest BCUT2D eigenvalue weighted by molar-refractivity contribution is 5.81. The molecule has 2 aliphatic heterocycles. The molecule has 0 bridgehead atoms. The molecule has 108 valence electrons. The van der Waals surface area contributed by atoms with Crippen LogP contribution in [0.25, 0.3) is 0 Å². The second-order valence-electron chi connectivity index (χ2n) is 5.22. The molecular formula is C15H20N2O3. The monoisotopic (exact) mass is 276 g/mol. The average molecular weight is 276 g/mol. The minimum atomic E-state index is 0.171. The van der Waals surface area contributed by atoms with Gasteiger partial charge in [0.15, 0.2) is 11.5 Å². The molecule has 20 heavy (non-hydrogen) atoms. The molecule has 0 spiro atoms. The van der Waals surface area contributed by atoms with Gasteiger partial charge in [-0.25, -0.2) is 0 Å². The number of ether oxygens (including phenoxy) is 2. The van der Waals surface area contributed by atoms with Crippen molar-refractivity contribution in [2.75, 3.05) is 31.7 Å². The molecule has 2 heterocycles. The van der Waals surface area contributed by atoms with Gasteiger partial charge in [-0.05, 0) is 25.0 Å². The maximum absolute atomic E-state index is 12.2. The van der Waals surface area contributed by atoms with Gasteiger partial charge in [0.05, 0.1) is 6.54 Å². The van der Waals surface area contributed by atoms with Crippen LogP contribution in [0, 0.1) is 0 Å². The van der Waals surface area contributed by atoms with Gasteiger partial charge < -0.3 is 19.7 Å². The van der Waals surface area contributed by atoms with Crippen molar-refractivity contribution >= 4 is 11.6 Å². The number of hydrogen-bond donors (Lipinski definition) is 1. The van der Waals surface area contributed by atoms with Gasteiger partial charge in [-0.15, -0.1) is 0 Å². The summed E-state index contributed by atoms with van der Waals surface area (Å²) in [4.78, 5) is 14.1. The van der Waals surface area contributed by atoms with E-state index in [0.29, 0.717) is 6.54 Å². The SMILES string of the molecule is O=C(CNc1ccc2c(c1)OCO2)N1CCCCCC1. The number of nitrogens with zero attached hydrogens (tertiary/aromatic N) is 1. The second kappa shape index (κ2) is 6.03. The fourth-order valence-electron chi connectivity index (χ4n) is 2.62. The molecule has 5 nitrogen and oxygen atoms in total. The number of amides is 1. The van der Waals surface area contributed by atoms with Crippen LogP contribution < -0.4 is 14.8 Å². The van der Waals surface area contributed by atoms with Crippen LogP contribution in [0.5, 0.6) is 11.5 Å². The van der Waals surface area contributed by atoms with Crippen molar-refractivity contribution in [3.05, 3.63) is 18.2 Å². The summed E-state index contributed by atoms with van der Waals surface area (Å²) >= 11 is 0. The molecular weight excluding hydrogens is 256 g/mol. The minimum absolute atomic E-state index is 0.171. The van der Waals surface area contributed by atoms with E-state index in [1.165, 1.54) is 12.8 Å². The first-order valence-electron chi connectivity index (χ1n) is 7.24. The number of anilines is 1. The first-order chi connectivity index (χ1) is 9.83. The third-order valence-electron chi connectivity index (χ3n) is 3.78. The van der Waals surface area contributed by atoms with Crippen molar-refractivity contribution in [3.63, 3.8) is 0 Å². The summed E-state index contributed by atoms with van der Waals surface area (Å²) in [6, 6.07) is 5.64. The molecule has 2 aliphatic rings. The van der Waals surface area contributed by atoms with E-state index in [-0.39, 0.29) is 12.7 Å². The summed E-state index contributed by atoms with van der Waals surface area (Å²) < 4.78 is 10.6. The van der Waals surface area contributed by atoms with E-state index in [1.807, 2.05) is 23.1 Å². The van der Waals surface area contributed by atoms with E-state index < -0.39 is 0 Å². The molecule has 3 rings (SSSR count). The first kappa shape index (κ1) is 13.1. The van der Waals surface area contributed by atoms with Crippen LogP contribution >= 0.6 is 0 Å². The van der Waals surface area contributed by atoms with Crippen LogP contribution in [0.3, 0.4) is 0 Å². The third kappa shape index (κ3) is 2.98. The van der Waals surface area contributed by atoms with Gasteiger partial charge in [0, 0.05) is 24.8 Å². The summed E-state index contributed by atoms with van der Waals surface area (Å²) in [5, 5.41) is 3.17. The van der Waals surface area contributed by atoms with E-state index >= 15 is 0 Å². The van der Waals surface area contributed by atoms with Crippen molar-refractivity contribution in [1.82, 2.24) is 4.90 Å². The van der Waals surface area contributed by atoms with E-state index in [2.05, 4.69) is 5.32 Å². The summed E-state index contributed by atoms with van der Waals surface area (Å²) in [5.41, 5.74) is 0.887. The maximum Gasteiger partial charge on any atom is 0.241 e. The number of hydrogen-bond acceptors (Lipinski definition) is 4. The molecule has 1 saturated heterocycles. The molecule has 1 aromatic carbocycles. The van der Waals surface area contributed by atoms with Crippen LogP contribution in [0.15, 0.2) is 18.2 Å². The highest BCUT2D eigenvalue weighted by atomic mass is 16.7. The summed E-state index contributed by atoms with van der Waals surface area (Å²) in [6.45, 7) is 2.38. The molecule has 0 aliphatic carbocycles. The van der Waals surface area contributed by atoms with Gasteiger partial charge in [0.1, 0.15) is 0 Å². The molecule has 5 heteroatoms. The topological polar surface area (TPSA) is 50.8 Å². The second-order valence-corrected chi connectivity index (χ2v) is 5.22. The first-order valence-corrected chi connectivity index (χ1v) is 7.24. The van der Waals surface area contributed by atoms with Gasteiger partial charge in [0.2, 0.25) is 12.7 Å². The fourth-order valence-corrected chi connectivity index (χ4v) is 2.62. The van der Waals surface area contributed by atoms with E-state index in [9.17, 15) is 4.79 Å². The Kier molecular flexibility index (Phi) is 3.95. The zero-order valence-electron chi connectivity index (χ0n) is 11.6. The van der Waals surface area contributed by atoms with Crippen LogP contribution in [0.2, 0.25) is 0 Å². The lowest BCUT2D eigenvalue weighted by Crippen LogP contribution is -2.36. The Morgan fingerprint density at radius 1 is 1.10 bits per heavy atom. The molecule has 0 radical (unpaired) electrons.